The number of hydrogen-bond acceptors (Lipinski definition) is 4. The average Bonchev–Trinajstić information content (AvgIpc) is 3.11. The first-order valence-corrected chi connectivity index (χ1v) is 10.6. The summed E-state index contributed by atoms with van der Waals surface area (Å²) in [6, 6.07) is 12.0. The summed E-state index contributed by atoms with van der Waals surface area (Å²) < 4.78 is 6.19. The molecule has 1 aromatic carbocycles. The molecule has 154 valence electrons. The van der Waals surface area contributed by atoms with E-state index >= 15 is 0 Å². The van der Waals surface area contributed by atoms with Crippen molar-refractivity contribution in [2.24, 2.45) is 5.41 Å². The van der Waals surface area contributed by atoms with E-state index in [1.54, 1.807) is 0 Å². The number of amides is 1. The Bertz CT molecular complexity index is 814. The van der Waals surface area contributed by atoms with Crippen LogP contribution in [0.5, 0.6) is 0 Å². The van der Waals surface area contributed by atoms with Crippen LogP contribution in [-0.4, -0.2) is 60.1 Å². The highest BCUT2D eigenvalue weighted by Crippen LogP contribution is 2.42. The lowest BCUT2D eigenvalue weighted by Crippen LogP contribution is -2.43. The third-order valence-electron chi connectivity index (χ3n) is 6.39. The number of piperidine rings is 1. The molecule has 4 rings (SSSR count). The van der Waals surface area contributed by atoms with Crippen LogP contribution < -0.4 is 0 Å². The van der Waals surface area contributed by atoms with E-state index in [2.05, 4.69) is 23.0 Å². The predicted octanol–water partition coefficient (Wildman–Crippen LogP) is 3.53. The fraction of sp³-hybridized carbons (Fsp3) is 0.500. The molecule has 1 atom stereocenters. The quantitative estimate of drug-likeness (QED) is 0.780. The van der Waals surface area contributed by atoms with Gasteiger partial charge in [0.25, 0.3) is 5.91 Å². The van der Waals surface area contributed by atoms with Crippen LogP contribution in [0.2, 0.25) is 0 Å². The normalized spacial score (nSPS) is 21.1. The SMILES string of the molecule is Cc1ccc(C(=O)N2CCC3(CC2)CO[C@@H](CN(C)Cc2cccnc2)C3)cc1. The first-order chi connectivity index (χ1) is 14.0. The third kappa shape index (κ3) is 4.85. The molecule has 2 aromatic rings. The van der Waals surface area contributed by atoms with Crippen molar-refractivity contribution in [2.75, 3.05) is 33.3 Å². The summed E-state index contributed by atoms with van der Waals surface area (Å²) in [6.07, 6.45) is 7.17. The van der Waals surface area contributed by atoms with E-state index in [-0.39, 0.29) is 17.4 Å². The summed E-state index contributed by atoms with van der Waals surface area (Å²) in [4.78, 5) is 21.3. The van der Waals surface area contributed by atoms with Crippen molar-refractivity contribution in [3.05, 3.63) is 65.5 Å². The standard InChI is InChI=1S/C24H31N3O2/c1-19-5-7-21(8-6-19)23(28)27-12-9-24(10-13-27)14-22(29-18-24)17-26(2)16-20-4-3-11-25-15-20/h3-8,11,15,22H,9-10,12-14,16-18H2,1-2H3/t22-/m1/s1. The smallest absolute Gasteiger partial charge is 0.253 e. The van der Waals surface area contributed by atoms with Gasteiger partial charge in [0.15, 0.2) is 0 Å². The number of carbonyl (C=O) groups is 1. The summed E-state index contributed by atoms with van der Waals surface area (Å²) in [5.41, 5.74) is 3.45. The Morgan fingerprint density at radius 2 is 2.00 bits per heavy atom. The average molecular weight is 394 g/mol. The van der Waals surface area contributed by atoms with Crippen molar-refractivity contribution < 1.29 is 9.53 Å². The van der Waals surface area contributed by atoms with Crippen LogP contribution in [0.1, 0.15) is 40.7 Å². The molecule has 2 fully saturated rings. The second-order valence-corrected chi connectivity index (χ2v) is 8.85. The minimum absolute atomic E-state index is 0.159. The Hall–Kier alpha value is -2.24. The number of nitrogens with zero attached hydrogens (tertiary/aromatic N) is 3. The highest BCUT2D eigenvalue weighted by molar-refractivity contribution is 5.94. The lowest BCUT2D eigenvalue weighted by molar-refractivity contribution is 0.0457. The van der Waals surface area contributed by atoms with E-state index in [1.807, 2.05) is 54.5 Å². The third-order valence-corrected chi connectivity index (χ3v) is 6.39. The van der Waals surface area contributed by atoms with Crippen LogP contribution in [0.15, 0.2) is 48.8 Å². The van der Waals surface area contributed by atoms with Crippen LogP contribution in [0.4, 0.5) is 0 Å². The fourth-order valence-corrected chi connectivity index (χ4v) is 4.64. The molecule has 2 aliphatic heterocycles. The number of carbonyl (C=O) groups excluding carboxylic acids is 1. The summed E-state index contributed by atoms with van der Waals surface area (Å²) in [5, 5.41) is 0. The molecular formula is C24H31N3O2. The maximum Gasteiger partial charge on any atom is 0.253 e. The predicted molar refractivity (Wildman–Crippen MR) is 114 cm³/mol. The van der Waals surface area contributed by atoms with Crippen molar-refractivity contribution >= 4 is 5.91 Å². The zero-order valence-electron chi connectivity index (χ0n) is 17.5. The number of benzene rings is 1. The maximum atomic E-state index is 12.8. The van der Waals surface area contributed by atoms with Gasteiger partial charge in [0.1, 0.15) is 0 Å². The molecule has 1 aromatic heterocycles. The molecule has 0 aliphatic carbocycles. The van der Waals surface area contributed by atoms with Gasteiger partial charge in [0.2, 0.25) is 0 Å². The molecular weight excluding hydrogens is 362 g/mol. The van der Waals surface area contributed by atoms with Gasteiger partial charge < -0.3 is 9.64 Å². The largest absolute Gasteiger partial charge is 0.376 e. The first-order valence-electron chi connectivity index (χ1n) is 10.6. The molecule has 0 N–H and O–H groups in total. The molecule has 5 heteroatoms. The van der Waals surface area contributed by atoms with Crippen molar-refractivity contribution in [2.45, 2.75) is 38.8 Å². The van der Waals surface area contributed by atoms with Gasteiger partial charge in [-0.05, 0) is 62.4 Å². The van der Waals surface area contributed by atoms with Crippen molar-refractivity contribution in [1.82, 2.24) is 14.8 Å². The van der Waals surface area contributed by atoms with Crippen molar-refractivity contribution in [3.8, 4) is 0 Å². The molecule has 5 nitrogen and oxygen atoms in total. The molecule has 0 saturated carbocycles. The van der Waals surface area contributed by atoms with E-state index in [1.165, 1.54) is 11.1 Å². The number of hydrogen-bond donors (Lipinski definition) is 0. The number of aryl methyl sites for hydroxylation is 1. The molecule has 0 radical (unpaired) electrons. The summed E-state index contributed by atoms with van der Waals surface area (Å²) >= 11 is 0. The van der Waals surface area contributed by atoms with Crippen LogP contribution in [0, 0.1) is 12.3 Å². The van der Waals surface area contributed by atoms with E-state index in [9.17, 15) is 4.79 Å². The molecule has 2 aliphatic rings. The molecule has 1 amide bonds. The Labute approximate surface area is 173 Å². The van der Waals surface area contributed by atoms with Gasteiger partial charge in [-0.25, -0.2) is 0 Å². The Morgan fingerprint density at radius 1 is 1.24 bits per heavy atom. The first kappa shape index (κ1) is 20.0. The van der Waals surface area contributed by atoms with E-state index < -0.39 is 0 Å². The topological polar surface area (TPSA) is 45.7 Å². The molecule has 0 bridgehead atoms. The lowest BCUT2D eigenvalue weighted by Gasteiger charge is -2.38. The zero-order chi connectivity index (χ0) is 20.3. The minimum Gasteiger partial charge on any atom is -0.376 e. The van der Waals surface area contributed by atoms with Crippen LogP contribution >= 0.6 is 0 Å². The molecule has 1 spiro atoms. The number of likely N-dealkylation sites (N-methyl/N-ethyl adjacent to an activating group) is 1. The van der Waals surface area contributed by atoms with Gasteiger partial charge in [0, 0.05) is 44.1 Å². The summed E-state index contributed by atoms with van der Waals surface area (Å²) in [5.74, 6) is 0.159. The Balaban J connectivity index is 1.27. The maximum absolute atomic E-state index is 12.8. The highest BCUT2D eigenvalue weighted by Gasteiger charge is 2.43. The van der Waals surface area contributed by atoms with E-state index in [0.717, 1.165) is 57.6 Å². The number of aromatic nitrogens is 1. The monoisotopic (exact) mass is 393 g/mol. The molecule has 3 heterocycles. The van der Waals surface area contributed by atoms with Crippen molar-refractivity contribution in [1.29, 1.82) is 0 Å². The summed E-state index contributed by atoms with van der Waals surface area (Å²) in [7, 11) is 2.14. The number of pyridine rings is 1. The minimum atomic E-state index is 0.159. The second kappa shape index (κ2) is 8.64. The lowest BCUT2D eigenvalue weighted by atomic mass is 9.76. The van der Waals surface area contributed by atoms with Crippen LogP contribution in [0.3, 0.4) is 0 Å². The van der Waals surface area contributed by atoms with Gasteiger partial charge in [-0.15, -0.1) is 0 Å². The van der Waals surface area contributed by atoms with Gasteiger partial charge >= 0.3 is 0 Å². The molecule has 29 heavy (non-hydrogen) atoms. The number of rotatable bonds is 5. The number of likely N-dealkylation sites (tertiary alicyclic amines) is 1. The molecule has 2 saturated heterocycles. The summed E-state index contributed by atoms with van der Waals surface area (Å²) in [6.45, 7) is 6.35. The van der Waals surface area contributed by atoms with Gasteiger partial charge in [-0.2, -0.15) is 0 Å². The zero-order valence-corrected chi connectivity index (χ0v) is 17.5. The fourth-order valence-electron chi connectivity index (χ4n) is 4.64. The van der Waals surface area contributed by atoms with Crippen molar-refractivity contribution in [3.63, 3.8) is 0 Å². The van der Waals surface area contributed by atoms with Crippen LogP contribution in [-0.2, 0) is 11.3 Å². The Kier molecular flexibility index (Phi) is 5.97. The van der Waals surface area contributed by atoms with Gasteiger partial charge in [0.05, 0.1) is 12.7 Å². The van der Waals surface area contributed by atoms with Gasteiger partial charge in [-0.3, -0.25) is 14.7 Å². The van der Waals surface area contributed by atoms with Gasteiger partial charge in [-0.1, -0.05) is 23.8 Å². The Morgan fingerprint density at radius 3 is 2.69 bits per heavy atom. The number of ether oxygens (including phenoxy) is 1. The highest BCUT2D eigenvalue weighted by atomic mass is 16.5. The molecule has 0 unspecified atom stereocenters. The van der Waals surface area contributed by atoms with E-state index in [0.29, 0.717) is 0 Å². The van der Waals surface area contributed by atoms with E-state index in [4.69, 9.17) is 4.74 Å². The van der Waals surface area contributed by atoms with Crippen LogP contribution in [0.25, 0.3) is 0 Å². The second-order valence-electron chi connectivity index (χ2n) is 8.85.